The van der Waals surface area contributed by atoms with E-state index in [1.54, 1.807) is 0 Å². The van der Waals surface area contributed by atoms with Gasteiger partial charge in [-0.1, -0.05) is 0 Å². The van der Waals surface area contributed by atoms with E-state index in [0.717, 1.165) is 74.8 Å². The lowest BCUT2D eigenvalue weighted by atomic mass is 10.1. The van der Waals surface area contributed by atoms with Crippen LogP contribution in [0.5, 0.6) is 0 Å². The molecular weight excluding hydrogens is 420 g/mol. The van der Waals surface area contributed by atoms with Crippen LogP contribution in [0.2, 0.25) is 0 Å². The number of fused-ring (bicyclic) bond motifs is 5. The summed E-state index contributed by atoms with van der Waals surface area (Å²) in [7, 11) is 0. The molecule has 3 N–H and O–H groups in total. The summed E-state index contributed by atoms with van der Waals surface area (Å²) in [5, 5.41) is 12.0. The smallest absolute Gasteiger partial charge is 0.263 e. The van der Waals surface area contributed by atoms with Crippen molar-refractivity contribution in [1.82, 2.24) is 20.6 Å². The van der Waals surface area contributed by atoms with Gasteiger partial charge in [0.05, 0.1) is 16.9 Å². The summed E-state index contributed by atoms with van der Waals surface area (Å²) in [6.07, 6.45) is 1.91. The lowest BCUT2D eigenvalue weighted by molar-refractivity contribution is 0.0949. The second-order valence-electron chi connectivity index (χ2n) is 8.41. The molecule has 4 aromatic rings. The molecule has 0 unspecified atom stereocenters. The summed E-state index contributed by atoms with van der Waals surface area (Å²) >= 11 is 1.53. The largest absolute Gasteiger partial charge is 0.381 e. The summed E-state index contributed by atoms with van der Waals surface area (Å²) in [5.74, 6) is 1.00. The molecule has 3 aromatic heterocycles. The first-order chi connectivity index (χ1) is 15.7. The van der Waals surface area contributed by atoms with Crippen LogP contribution >= 0.6 is 11.3 Å². The predicted molar refractivity (Wildman–Crippen MR) is 131 cm³/mol. The van der Waals surface area contributed by atoms with E-state index in [2.05, 4.69) is 50.1 Å². The van der Waals surface area contributed by atoms with E-state index in [1.165, 1.54) is 11.3 Å². The van der Waals surface area contributed by atoms with Gasteiger partial charge in [0.2, 0.25) is 0 Å². The standard InChI is InChI=1S/C24H24N6OS/c1-14-12-27-22-21-16-3-4-17(15-2-7-20(26-13-15)30-10-8-25-9-11-30)29-18(16)5-6-19(21)32-23(22)24(31)28-14/h2-7,13-14,25,27H,8-12H2,1H3,(H,28,31)/t14-/m1/s1. The Bertz CT molecular complexity index is 1330. The van der Waals surface area contributed by atoms with E-state index < -0.39 is 0 Å². The third-order valence-corrected chi connectivity index (χ3v) is 7.33. The number of carbonyl (C=O) groups excluding carboxylic acids is 1. The summed E-state index contributed by atoms with van der Waals surface area (Å²) < 4.78 is 1.09. The van der Waals surface area contributed by atoms with Crippen LogP contribution in [0.25, 0.3) is 32.2 Å². The third kappa shape index (κ3) is 3.27. The number of aromatic nitrogens is 2. The molecule has 1 fully saturated rings. The molecule has 0 spiro atoms. The monoisotopic (exact) mass is 444 g/mol. The van der Waals surface area contributed by atoms with Crippen LogP contribution in [0, 0.1) is 0 Å². The van der Waals surface area contributed by atoms with Crippen molar-refractivity contribution in [2.45, 2.75) is 13.0 Å². The molecule has 7 nitrogen and oxygen atoms in total. The summed E-state index contributed by atoms with van der Waals surface area (Å²) in [4.78, 5) is 25.3. The van der Waals surface area contributed by atoms with Crippen LogP contribution in [-0.2, 0) is 0 Å². The average Bonchev–Trinajstić information content (AvgIpc) is 3.16. The van der Waals surface area contributed by atoms with Crippen LogP contribution in [0.4, 0.5) is 11.5 Å². The Morgan fingerprint density at radius 1 is 1.09 bits per heavy atom. The Kier molecular flexibility index (Phi) is 4.69. The van der Waals surface area contributed by atoms with E-state index in [9.17, 15) is 4.79 Å². The fourth-order valence-corrected chi connectivity index (χ4v) is 5.60. The lowest BCUT2D eigenvalue weighted by Gasteiger charge is -2.28. The first kappa shape index (κ1) is 19.5. The molecule has 5 heterocycles. The quantitative estimate of drug-likeness (QED) is 0.439. The summed E-state index contributed by atoms with van der Waals surface area (Å²) in [5.41, 5.74) is 3.74. The Morgan fingerprint density at radius 3 is 2.78 bits per heavy atom. The second-order valence-corrected chi connectivity index (χ2v) is 9.46. The van der Waals surface area contributed by atoms with E-state index in [-0.39, 0.29) is 11.9 Å². The van der Waals surface area contributed by atoms with Crippen molar-refractivity contribution in [3.63, 3.8) is 0 Å². The molecular formula is C24H24N6OS. The zero-order chi connectivity index (χ0) is 21.7. The zero-order valence-corrected chi connectivity index (χ0v) is 18.6. The van der Waals surface area contributed by atoms with Crippen LogP contribution < -0.4 is 20.9 Å². The zero-order valence-electron chi connectivity index (χ0n) is 17.8. The molecule has 6 rings (SSSR count). The number of carbonyl (C=O) groups is 1. The van der Waals surface area contributed by atoms with Crippen LogP contribution in [-0.4, -0.2) is 54.6 Å². The van der Waals surface area contributed by atoms with E-state index >= 15 is 0 Å². The van der Waals surface area contributed by atoms with Gasteiger partial charge in [-0.3, -0.25) is 4.79 Å². The van der Waals surface area contributed by atoms with Gasteiger partial charge in [0.15, 0.2) is 0 Å². The van der Waals surface area contributed by atoms with E-state index in [1.807, 2.05) is 25.3 Å². The first-order valence-electron chi connectivity index (χ1n) is 11.0. The lowest BCUT2D eigenvalue weighted by Crippen LogP contribution is -2.43. The molecule has 1 atom stereocenters. The highest BCUT2D eigenvalue weighted by molar-refractivity contribution is 7.21. The SMILES string of the molecule is C[C@@H]1CNc2c(sc3ccc4nc(-c5ccc(N6CCNCC6)nc5)ccc4c23)C(=O)N1. The van der Waals surface area contributed by atoms with Crippen LogP contribution in [0.3, 0.4) is 0 Å². The fourth-order valence-electron chi connectivity index (χ4n) is 4.50. The van der Waals surface area contributed by atoms with E-state index in [4.69, 9.17) is 4.98 Å². The summed E-state index contributed by atoms with van der Waals surface area (Å²) in [6, 6.07) is 12.5. The van der Waals surface area contributed by atoms with Crippen LogP contribution in [0.1, 0.15) is 16.6 Å². The van der Waals surface area contributed by atoms with Gasteiger partial charge in [0, 0.05) is 66.0 Å². The molecule has 1 saturated heterocycles. The summed E-state index contributed by atoms with van der Waals surface area (Å²) in [6.45, 7) is 6.66. The normalized spacial score (nSPS) is 18.8. The van der Waals surface area contributed by atoms with Gasteiger partial charge in [0.1, 0.15) is 10.7 Å². The Hall–Kier alpha value is -3.23. The van der Waals surface area contributed by atoms with E-state index in [0.29, 0.717) is 6.54 Å². The highest BCUT2D eigenvalue weighted by Crippen LogP contribution is 2.41. The number of benzene rings is 1. The Morgan fingerprint density at radius 2 is 1.97 bits per heavy atom. The molecule has 1 aromatic carbocycles. The number of piperazine rings is 1. The minimum atomic E-state index is -0.00733. The minimum absolute atomic E-state index is 0.00733. The first-order valence-corrected chi connectivity index (χ1v) is 11.8. The molecule has 2 aliphatic heterocycles. The molecule has 0 saturated carbocycles. The number of rotatable bonds is 2. The number of hydrogen-bond acceptors (Lipinski definition) is 7. The van der Waals surface area contributed by atoms with Crippen molar-refractivity contribution in [3.8, 4) is 11.3 Å². The molecule has 32 heavy (non-hydrogen) atoms. The highest BCUT2D eigenvalue weighted by Gasteiger charge is 2.24. The maximum atomic E-state index is 12.6. The van der Waals surface area contributed by atoms with Crippen molar-refractivity contribution in [2.24, 2.45) is 0 Å². The maximum Gasteiger partial charge on any atom is 0.263 e. The number of thiophene rings is 1. The number of anilines is 2. The molecule has 1 amide bonds. The van der Waals surface area contributed by atoms with Crippen molar-refractivity contribution >= 4 is 49.7 Å². The van der Waals surface area contributed by atoms with Crippen LogP contribution in [0.15, 0.2) is 42.6 Å². The van der Waals surface area contributed by atoms with Gasteiger partial charge >= 0.3 is 0 Å². The van der Waals surface area contributed by atoms with Crippen molar-refractivity contribution < 1.29 is 4.79 Å². The maximum absolute atomic E-state index is 12.6. The van der Waals surface area contributed by atoms with Gasteiger partial charge in [-0.05, 0) is 43.3 Å². The van der Waals surface area contributed by atoms with Gasteiger partial charge in [-0.15, -0.1) is 11.3 Å². The number of pyridine rings is 2. The van der Waals surface area contributed by atoms with Gasteiger partial charge in [-0.2, -0.15) is 0 Å². The third-order valence-electron chi connectivity index (χ3n) is 6.18. The topological polar surface area (TPSA) is 82.2 Å². The van der Waals surface area contributed by atoms with Crippen molar-refractivity contribution in [1.29, 1.82) is 0 Å². The van der Waals surface area contributed by atoms with Crippen molar-refractivity contribution in [3.05, 3.63) is 47.5 Å². The van der Waals surface area contributed by atoms with Gasteiger partial charge in [-0.25, -0.2) is 9.97 Å². The average molecular weight is 445 g/mol. The van der Waals surface area contributed by atoms with Gasteiger partial charge < -0.3 is 20.9 Å². The minimum Gasteiger partial charge on any atom is -0.381 e. The van der Waals surface area contributed by atoms with Gasteiger partial charge in [0.25, 0.3) is 5.91 Å². The molecule has 0 radical (unpaired) electrons. The Balaban J connectivity index is 1.39. The fraction of sp³-hybridized carbons (Fsp3) is 0.292. The second kappa shape index (κ2) is 7.72. The highest BCUT2D eigenvalue weighted by atomic mass is 32.1. The number of amides is 1. The molecule has 0 bridgehead atoms. The Labute approximate surface area is 189 Å². The molecule has 162 valence electrons. The predicted octanol–water partition coefficient (Wildman–Crippen LogP) is 3.46. The number of nitrogens with one attached hydrogen (secondary N) is 3. The molecule has 8 heteroatoms. The number of nitrogens with zero attached hydrogens (tertiary/aromatic N) is 3. The molecule has 0 aliphatic carbocycles. The van der Waals surface area contributed by atoms with Crippen molar-refractivity contribution in [2.75, 3.05) is 42.9 Å². The molecule has 2 aliphatic rings. The number of hydrogen-bond donors (Lipinski definition) is 3.